The number of benzene rings is 1. The SMILES string of the molecule is Cn1ccnc1CCN1CCc2ccc(N)cc2C1. The Labute approximate surface area is 113 Å². The molecule has 0 bridgehead atoms. The molecule has 2 N–H and O–H groups in total. The van der Waals surface area contributed by atoms with E-state index in [1.807, 2.05) is 18.5 Å². The van der Waals surface area contributed by atoms with Gasteiger partial charge in [0.1, 0.15) is 5.82 Å². The molecular weight excluding hydrogens is 236 g/mol. The molecule has 0 spiro atoms. The van der Waals surface area contributed by atoms with E-state index in [0.717, 1.165) is 44.0 Å². The van der Waals surface area contributed by atoms with E-state index in [2.05, 4.69) is 33.6 Å². The minimum absolute atomic E-state index is 0.865. The van der Waals surface area contributed by atoms with Gasteiger partial charge in [-0.3, -0.25) is 4.90 Å². The van der Waals surface area contributed by atoms with Crippen LogP contribution in [0.2, 0.25) is 0 Å². The summed E-state index contributed by atoms with van der Waals surface area (Å²) in [4.78, 5) is 6.86. The standard InChI is InChI=1S/C15H20N4/c1-18-9-6-17-15(18)5-8-19-7-4-12-2-3-14(16)10-13(12)11-19/h2-3,6,9-10H,4-5,7-8,11,16H2,1H3. The van der Waals surface area contributed by atoms with Crippen LogP contribution in [0.4, 0.5) is 5.69 Å². The molecule has 4 heteroatoms. The molecule has 0 unspecified atom stereocenters. The van der Waals surface area contributed by atoms with Crippen molar-refractivity contribution in [2.24, 2.45) is 7.05 Å². The predicted molar refractivity (Wildman–Crippen MR) is 76.7 cm³/mol. The van der Waals surface area contributed by atoms with Crippen LogP contribution in [0.5, 0.6) is 0 Å². The van der Waals surface area contributed by atoms with Crippen LogP contribution in [-0.2, 0) is 26.4 Å². The van der Waals surface area contributed by atoms with Crippen molar-refractivity contribution in [3.05, 3.63) is 47.5 Å². The number of anilines is 1. The molecule has 0 aliphatic carbocycles. The number of nitrogens with two attached hydrogens (primary N) is 1. The molecule has 4 nitrogen and oxygen atoms in total. The molecule has 2 heterocycles. The molecule has 2 aromatic rings. The van der Waals surface area contributed by atoms with E-state index >= 15 is 0 Å². The van der Waals surface area contributed by atoms with Crippen molar-refractivity contribution in [1.29, 1.82) is 0 Å². The highest BCUT2D eigenvalue weighted by atomic mass is 15.1. The van der Waals surface area contributed by atoms with Gasteiger partial charge < -0.3 is 10.3 Å². The first-order valence-corrected chi connectivity index (χ1v) is 6.78. The minimum Gasteiger partial charge on any atom is -0.399 e. The molecule has 1 aromatic heterocycles. The lowest BCUT2D eigenvalue weighted by atomic mass is 9.99. The van der Waals surface area contributed by atoms with E-state index in [9.17, 15) is 0 Å². The summed E-state index contributed by atoms with van der Waals surface area (Å²) in [6, 6.07) is 6.28. The molecule has 0 saturated carbocycles. The maximum atomic E-state index is 5.87. The van der Waals surface area contributed by atoms with Crippen molar-refractivity contribution in [3.63, 3.8) is 0 Å². The van der Waals surface area contributed by atoms with E-state index in [4.69, 9.17) is 5.73 Å². The van der Waals surface area contributed by atoms with Gasteiger partial charge in [0.15, 0.2) is 0 Å². The summed E-state index contributed by atoms with van der Waals surface area (Å²) in [5.74, 6) is 1.15. The Balaban J connectivity index is 1.64. The van der Waals surface area contributed by atoms with Crippen molar-refractivity contribution < 1.29 is 0 Å². The zero-order valence-electron chi connectivity index (χ0n) is 11.3. The van der Waals surface area contributed by atoms with Gasteiger partial charge in [0.2, 0.25) is 0 Å². The smallest absolute Gasteiger partial charge is 0.109 e. The average Bonchev–Trinajstić information content (AvgIpc) is 2.81. The first-order chi connectivity index (χ1) is 9.22. The van der Waals surface area contributed by atoms with Gasteiger partial charge in [-0.15, -0.1) is 0 Å². The van der Waals surface area contributed by atoms with Crippen molar-refractivity contribution in [3.8, 4) is 0 Å². The van der Waals surface area contributed by atoms with Crippen LogP contribution in [0.25, 0.3) is 0 Å². The van der Waals surface area contributed by atoms with Gasteiger partial charge in [-0.2, -0.15) is 0 Å². The summed E-state index contributed by atoms with van der Waals surface area (Å²) < 4.78 is 2.09. The summed E-state index contributed by atoms with van der Waals surface area (Å²) in [5, 5.41) is 0. The van der Waals surface area contributed by atoms with Crippen LogP contribution in [0.15, 0.2) is 30.6 Å². The fourth-order valence-corrected chi connectivity index (χ4v) is 2.72. The minimum atomic E-state index is 0.865. The van der Waals surface area contributed by atoms with Gasteiger partial charge in [0.25, 0.3) is 0 Å². The summed E-state index contributed by atoms with van der Waals surface area (Å²) >= 11 is 0. The molecule has 19 heavy (non-hydrogen) atoms. The van der Waals surface area contributed by atoms with E-state index in [1.165, 1.54) is 11.1 Å². The number of nitrogens with zero attached hydrogens (tertiary/aromatic N) is 3. The van der Waals surface area contributed by atoms with E-state index < -0.39 is 0 Å². The molecule has 0 amide bonds. The van der Waals surface area contributed by atoms with Crippen molar-refractivity contribution in [1.82, 2.24) is 14.5 Å². The lowest BCUT2D eigenvalue weighted by molar-refractivity contribution is 0.255. The van der Waals surface area contributed by atoms with E-state index in [-0.39, 0.29) is 0 Å². The Morgan fingerprint density at radius 1 is 1.32 bits per heavy atom. The molecule has 0 saturated heterocycles. The number of aryl methyl sites for hydroxylation is 1. The van der Waals surface area contributed by atoms with Crippen molar-refractivity contribution in [2.45, 2.75) is 19.4 Å². The fourth-order valence-electron chi connectivity index (χ4n) is 2.72. The quantitative estimate of drug-likeness (QED) is 0.849. The molecule has 1 aliphatic heterocycles. The number of hydrogen-bond acceptors (Lipinski definition) is 3. The Bertz CT molecular complexity index is 573. The number of hydrogen-bond donors (Lipinski definition) is 1. The molecule has 1 aromatic carbocycles. The van der Waals surface area contributed by atoms with Crippen LogP contribution in [-0.4, -0.2) is 27.5 Å². The van der Waals surface area contributed by atoms with Crippen molar-refractivity contribution in [2.75, 3.05) is 18.8 Å². The van der Waals surface area contributed by atoms with Gasteiger partial charge in [-0.05, 0) is 29.7 Å². The van der Waals surface area contributed by atoms with Gasteiger partial charge in [0, 0.05) is 51.2 Å². The third-order valence-corrected chi connectivity index (χ3v) is 3.89. The number of rotatable bonds is 3. The van der Waals surface area contributed by atoms with Crippen LogP contribution >= 0.6 is 0 Å². The maximum absolute atomic E-state index is 5.87. The fraction of sp³-hybridized carbons (Fsp3) is 0.400. The lowest BCUT2D eigenvalue weighted by Gasteiger charge is -2.28. The summed E-state index contributed by atoms with van der Waals surface area (Å²) in [7, 11) is 2.05. The van der Waals surface area contributed by atoms with Gasteiger partial charge in [-0.1, -0.05) is 6.07 Å². The first kappa shape index (κ1) is 12.2. The zero-order chi connectivity index (χ0) is 13.2. The van der Waals surface area contributed by atoms with Crippen molar-refractivity contribution >= 4 is 5.69 Å². The topological polar surface area (TPSA) is 47.1 Å². The molecule has 3 rings (SSSR count). The second-order valence-corrected chi connectivity index (χ2v) is 5.26. The monoisotopic (exact) mass is 256 g/mol. The van der Waals surface area contributed by atoms with Gasteiger partial charge in [0.05, 0.1) is 0 Å². The normalized spacial score (nSPS) is 15.4. The number of nitrogen functional groups attached to an aromatic ring is 1. The van der Waals surface area contributed by atoms with Crippen LogP contribution in [0.1, 0.15) is 17.0 Å². The number of aromatic nitrogens is 2. The molecule has 0 radical (unpaired) electrons. The van der Waals surface area contributed by atoms with Gasteiger partial charge >= 0.3 is 0 Å². The number of imidazole rings is 1. The van der Waals surface area contributed by atoms with Crippen LogP contribution in [0.3, 0.4) is 0 Å². The predicted octanol–water partition coefficient (Wildman–Crippen LogP) is 1.60. The highest BCUT2D eigenvalue weighted by Crippen LogP contribution is 2.21. The Morgan fingerprint density at radius 2 is 2.21 bits per heavy atom. The third-order valence-electron chi connectivity index (χ3n) is 3.89. The second kappa shape index (κ2) is 5.05. The Morgan fingerprint density at radius 3 is 3.00 bits per heavy atom. The van der Waals surface area contributed by atoms with Crippen LogP contribution < -0.4 is 5.73 Å². The first-order valence-electron chi connectivity index (χ1n) is 6.78. The zero-order valence-corrected chi connectivity index (χ0v) is 11.3. The Kier molecular flexibility index (Phi) is 3.25. The van der Waals surface area contributed by atoms with E-state index in [0.29, 0.717) is 0 Å². The highest BCUT2D eigenvalue weighted by molar-refractivity contribution is 5.45. The average molecular weight is 256 g/mol. The van der Waals surface area contributed by atoms with Crippen LogP contribution in [0, 0.1) is 0 Å². The second-order valence-electron chi connectivity index (χ2n) is 5.26. The molecular formula is C15H20N4. The molecule has 0 fully saturated rings. The largest absolute Gasteiger partial charge is 0.399 e. The summed E-state index contributed by atoms with van der Waals surface area (Å²) in [5.41, 5.74) is 9.56. The van der Waals surface area contributed by atoms with Gasteiger partial charge in [-0.25, -0.2) is 4.98 Å². The number of fused-ring (bicyclic) bond motifs is 1. The molecule has 1 aliphatic rings. The van der Waals surface area contributed by atoms with E-state index in [1.54, 1.807) is 0 Å². The highest BCUT2D eigenvalue weighted by Gasteiger charge is 2.16. The summed E-state index contributed by atoms with van der Waals surface area (Å²) in [6.07, 6.45) is 5.99. The molecule has 0 atom stereocenters. The summed E-state index contributed by atoms with van der Waals surface area (Å²) in [6.45, 7) is 3.19. The maximum Gasteiger partial charge on any atom is 0.109 e. The molecule has 100 valence electrons. The lowest BCUT2D eigenvalue weighted by Crippen LogP contribution is -2.32. The third kappa shape index (κ3) is 2.63. The Hall–Kier alpha value is -1.81.